The molecule has 0 aliphatic carbocycles. The second kappa shape index (κ2) is 38.0. The third-order valence-electron chi connectivity index (χ3n) is 20.5. The Morgan fingerprint density at radius 3 is 1.05 bits per heavy atom. The summed E-state index contributed by atoms with van der Waals surface area (Å²) in [6.45, 7) is -24.7. The van der Waals surface area contributed by atoms with E-state index in [1.165, 1.54) is 74.3 Å². The van der Waals surface area contributed by atoms with Gasteiger partial charge in [0.25, 0.3) is 16.7 Å². The van der Waals surface area contributed by atoms with E-state index in [1.807, 2.05) is 0 Å². The Morgan fingerprint density at radius 1 is 0.419 bits per heavy atom. The van der Waals surface area contributed by atoms with Gasteiger partial charge >= 0.3 is 22.8 Å². The third-order valence-corrected chi connectivity index (χ3v) is 30.1. The van der Waals surface area contributed by atoms with Crippen LogP contribution in [-0.4, -0.2) is 191 Å². The summed E-state index contributed by atoms with van der Waals surface area (Å²) in [5, 5.41) is 0. The lowest BCUT2D eigenvalue weighted by molar-refractivity contribution is -0.221. The SMILES string of the molecule is CC[C@H]1O[C@@H](n2cc(C)c(=O)[nH]c2=O)C[C@H]1OP([O-])(=S)OC[C@H]1O[C@@H](n2cc(C)c(=O)[nH]c2=O)C[C@H]1OP(=O)([S-])OC[C@H]1O[C@@H](n2cc(C)c(N)nc2=O)C[C@H]1OP([O-])(=S)OC[C@H]1O[C@@H](n2cnc3c(N)ncnc32)C[C@H]1OP([O-])(=S)OC[C@H]1O[C@@H](n2cnc3c(N)ncnc32)C[C@H]1OP([O-])(=S)OC[C@H]1O[C@@H](n2cc(C)c(=O)[nH]c2=O)C[C@H]1OP([O-])(=S)OC. The molecular weight excluding hydrogens is 1890 g/mol. The van der Waals surface area contributed by atoms with Crippen LogP contribution in [-0.2, 0) is 159 Å². The van der Waals surface area contributed by atoms with Crippen LogP contribution in [0.3, 0.4) is 0 Å². The molecule has 0 radical (unpaired) electrons. The number of nitrogens with zero attached hydrogens (tertiary/aromatic N) is 13. The Hall–Kier alpha value is -5.67. The van der Waals surface area contributed by atoms with Gasteiger partial charge in [-0.2, -0.15) is 4.98 Å². The van der Waals surface area contributed by atoms with Crippen molar-refractivity contribution >= 4 is 151 Å². The average Bonchev–Trinajstić information content (AvgIpc) is 1.62. The molecule has 6 unspecified atom stereocenters. The summed E-state index contributed by atoms with van der Waals surface area (Å²) < 4.78 is 129. The Morgan fingerprint density at radius 2 is 0.710 bits per heavy atom. The lowest BCUT2D eigenvalue weighted by Gasteiger charge is -2.36. The molecule has 124 heavy (non-hydrogen) atoms. The van der Waals surface area contributed by atoms with Crippen LogP contribution in [0.5, 0.6) is 0 Å². The first-order valence-electron chi connectivity index (χ1n) is 37.3. The molecule has 62 heteroatoms. The highest BCUT2D eigenvalue weighted by Gasteiger charge is 2.48. The van der Waals surface area contributed by atoms with E-state index in [9.17, 15) is 62.6 Å². The van der Waals surface area contributed by atoms with Crippen molar-refractivity contribution in [2.24, 2.45) is 0 Å². The maximum atomic E-state index is 14.9. The summed E-state index contributed by atoms with van der Waals surface area (Å²) in [5.41, 5.74) is 14.1. The van der Waals surface area contributed by atoms with Crippen LogP contribution in [0.25, 0.3) is 22.3 Å². The molecule has 24 atom stereocenters. The van der Waals surface area contributed by atoms with Gasteiger partial charge in [0.2, 0.25) is 0 Å². The number of aromatic amines is 3. The molecule has 0 aromatic carbocycles. The van der Waals surface area contributed by atoms with Crippen molar-refractivity contribution in [3.8, 4) is 0 Å². The zero-order chi connectivity index (χ0) is 89.2. The van der Waals surface area contributed by atoms with Crippen LogP contribution in [0.15, 0.2) is 83.7 Å². The number of nitrogens with one attached hydrogen (secondary N) is 3. The Labute approximate surface area is 728 Å². The standard InChI is InChI=1S/C62H83N19O31P6S6/c1-7-31-32(8-43(101-31)77-15-28(3)56(82)73-60(77)86)108-114(90,120)96-19-40-35(11-46(104-40)79-17-30(5)58(84)75-62(79)88)110-115(91,121)98-20-39-34(10-44(103-39)76-14-27(2)51(63)72-59(76)85)109-116(92,122)99-21-41-37(13-48(105-41)81-26-71-50-53(65)67-24-69-55(50)81)112-118(94,124)100-22-42-36(12-47(106-42)80-25-70-49-52(64)66-23-68-54(49)80)111-117(93,123)97-18-38-33(107-113(89,119)95-6)9-45(102-38)78-16-29(4)57(83)74-61(78)87/h14-17,23-26,31-48H,7-13,18-22H2,1-6H3,(H,89,119)(H,90,120)(H,91,121)(H,92,122)(H,93,123)(H,94,124)(H2,63,72,85)(H2,64,66,68)(H2,65,67,69)(H,73,82,86)(H,74,83,87)(H,75,84,88)/p-6/t31-,32-,33-,34-,35-,36-,37-,38-,39-,40-,41-,42-,43-,44-,45-,46-,47-,48-,113?,114?,115?,116?,117?,118?/m1/s1. The van der Waals surface area contributed by atoms with Crippen LogP contribution >= 0.6 is 40.4 Å². The number of nitrogen functional groups attached to an aromatic ring is 3. The van der Waals surface area contributed by atoms with E-state index < -0.39 is 230 Å². The molecule has 0 amide bonds. The van der Waals surface area contributed by atoms with E-state index in [4.69, 9.17) is 171 Å². The molecule has 678 valence electrons. The number of ether oxygens (including phenoxy) is 6. The number of anilines is 3. The van der Waals surface area contributed by atoms with Gasteiger partial charge in [0, 0.05) is 92.7 Å². The molecule has 14 heterocycles. The molecule has 50 nitrogen and oxygen atoms in total. The Bertz CT molecular complexity index is 6130. The first kappa shape index (κ1) is 94.4. The van der Waals surface area contributed by atoms with Crippen molar-refractivity contribution in [1.82, 2.24) is 77.2 Å². The van der Waals surface area contributed by atoms with Gasteiger partial charge in [0.1, 0.15) is 131 Å². The zero-order valence-electron chi connectivity index (χ0n) is 65.3. The number of nitrogens with two attached hydrogens (primary N) is 3. The van der Waals surface area contributed by atoms with Gasteiger partial charge in [-0.05, 0) is 34.1 Å². The molecule has 8 aromatic heterocycles. The van der Waals surface area contributed by atoms with Gasteiger partial charge in [-0.25, -0.2) is 49.1 Å². The quantitative estimate of drug-likeness (QED) is 0.0191. The van der Waals surface area contributed by atoms with Crippen molar-refractivity contribution in [3.63, 3.8) is 0 Å². The van der Waals surface area contributed by atoms with E-state index in [1.54, 1.807) is 6.92 Å². The van der Waals surface area contributed by atoms with Gasteiger partial charge in [0.05, 0.1) is 88.4 Å². The predicted molar refractivity (Wildman–Crippen MR) is 439 cm³/mol. The fraction of sp³-hybridized carbons (Fsp3) is 0.581. The summed E-state index contributed by atoms with van der Waals surface area (Å²) >= 11 is 32.4. The minimum absolute atomic E-state index is 0.000798. The summed E-state index contributed by atoms with van der Waals surface area (Å²) in [6, 6.07) is 0. The Kier molecular flexibility index (Phi) is 29.0. The number of hydrogen-bond acceptors (Lipinski definition) is 47. The largest absolute Gasteiger partial charge is 0.780 e. The van der Waals surface area contributed by atoms with Crippen molar-refractivity contribution in [2.75, 3.05) is 57.3 Å². The molecule has 8 aromatic rings. The first-order valence-corrected chi connectivity index (χ1v) is 52.6. The van der Waals surface area contributed by atoms with Crippen LogP contribution in [0.4, 0.5) is 17.5 Å². The number of aromatic nitrogens is 16. The lowest BCUT2D eigenvalue weighted by Crippen LogP contribution is -2.34. The fourth-order valence-electron chi connectivity index (χ4n) is 14.4. The maximum Gasteiger partial charge on any atom is 0.351 e. The lowest BCUT2D eigenvalue weighted by atomic mass is 10.1. The normalized spacial score (nSPS) is 29.6. The van der Waals surface area contributed by atoms with Crippen molar-refractivity contribution in [3.05, 3.63) is 145 Å². The highest BCUT2D eigenvalue weighted by molar-refractivity contribution is 8.32. The number of hydrogen-bond donors (Lipinski definition) is 6. The Balaban J connectivity index is 0.672. The number of aryl methyl sites for hydroxylation is 4. The van der Waals surface area contributed by atoms with Gasteiger partial charge in [-0.1, -0.05) is 66.0 Å². The average molecular weight is 1960 g/mol. The molecular formula is C62H77N19O31P6S6-6. The van der Waals surface area contributed by atoms with Crippen molar-refractivity contribution in [1.29, 1.82) is 0 Å². The molecule has 0 bridgehead atoms. The minimum atomic E-state index is -4.95. The van der Waals surface area contributed by atoms with Crippen molar-refractivity contribution in [2.45, 2.75) is 190 Å². The number of H-pyrrole nitrogens is 3. The molecule has 0 saturated carbocycles. The molecule has 6 saturated heterocycles. The second-order valence-corrected chi connectivity index (χ2v) is 45.2. The monoisotopic (exact) mass is 1960 g/mol. The first-order chi connectivity index (χ1) is 58.4. The number of imidazole rings is 2. The third kappa shape index (κ3) is 22.0. The van der Waals surface area contributed by atoms with Gasteiger partial charge < -0.3 is 137 Å². The summed E-state index contributed by atoms with van der Waals surface area (Å²) in [4.78, 5) is 197. The van der Waals surface area contributed by atoms with E-state index in [0.717, 1.165) is 38.0 Å². The predicted octanol–water partition coefficient (Wildman–Crippen LogP) is -1.69. The van der Waals surface area contributed by atoms with E-state index in [-0.39, 0.29) is 95.0 Å². The second-order valence-electron chi connectivity index (χ2n) is 28.9. The summed E-state index contributed by atoms with van der Waals surface area (Å²) in [5.74, 6) is -0.146. The highest BCUT2D eigenvalue weighted by atomic mass is 32.7. The fourth-order valence-corrected chi connectivity index (χ4v) is 22.6. The van der Waals surface area contributed by atoms with Gasteiger partial charge in [0.15, 0.2) is 29.7 Å². The maximum absolute atomic E-state index is 14.9. The van der Waals surface area contributed by atoms with E-state index >= 15 is 0 Å². The van der Waals surface area contributed by atoms with E-state index in [2.05, 4.69) is 49.8 Å². The van der Waals surface area contributed by atoms with Crippen LogP contribution in [0.2, 0.25) is 0 Å². The summed E-state index contributed by atoms with van der Waals surface area (Å²) in [7, 11) is 1.04. The molecule has 6 aliphatic heterocycles. The molecule has 6 aliphatic rings. The van der Waals surface area contributed by atoms with Gasteiger partial charge in [-0.3, -0.25) is 61.3 Å². The smallest absolute Gasteiger partial charge is 0.351 e. The molecule has 6 fully saturated rings. The van der Waals surface area contributed by atoms with Crippen LogP contribution in [0.1, 0.15) is 111 Å². The van der Waals surface area contributed by atoms with E-state index in [0.29, 0.717) is 5.56 Å². The summed E-state index contributed by atoms with van der Waals surface area (Å²) in [6.07, 6.45) is -14.7. The number of fused-ring (bicyclic) bond motifs is 2. The molecule has 9 N–H and O–H groups in total. The topological polar surface area (TPSA) is 663 Å². The van der Waals surface area contributed by atoms with Crippen LogP contribution < -0.4 is 81.1 Å². The molecule has 14 rings (SSSR count). The number of rotatable bonds is 35. The van der Waals surface area contributed by atoms with Gasteiger partial charge in [-0.15, -0.1) is 0 Å². The zero-order valence-corrected chi connectivity index (χ0v) is 75.6. The minimum Gasteiger partial charge on any atom is -0.780 e. The highest BCUT2D eigenvalue weighted by Crippen LogP contribution is 2.56. The van der Waals surface area contributed by atoms with Crippen molar-refractivity contribution < 1.29 is 112 Å². The van der Waals surface area contributed by atoms with Crippen LogP contribution in [0, 0.1) is 27.7 Å². The molecule has 0 spiro atoms.